The summed E-state index contributed by atoms with van der Waals surface area (Å²) in [5.41, 5.74) is 1.68. The second kappa shape index (κ2) is 9.68. The van der Waals surface area contributed by atoms with Crippen molar-refractivity contribution in [1.29, 1.82) is 0 Å². The zero-order chi connectivity index (χ0) is 19.8. The molecule has 0 fully saturated rings. The fraction of sp³-hybridized carbons (Fsp3) is 0.300. The number of hydrogen-bond acceptors (Lipinski definition) is 3. The summed E-state index contributed by atoms with van der Waals surface area (Å²) < 4.78 is 13.6. The van der Waals surface area contributed by atoms with Crippen LogP contribution in [0.3, 0.4) is 0 Å². The smallest absolute Gasteiger partial charge is 0.315 e. The number of aliphatic hydroxyl groups is 1. The summed E-state index contributed by atoms with van der Waals surface area (Å²) in [7, 11) is 0. The molecule has 2 rings (SSSR count). The lowest BCUT2D eigenvalue weighted by molar-refractivity contribution is -0.115. The van der Waals surface area contributed by atoms with Crippen molar-refractivity contribution in [3.05, 3.63) is 65.5 Å². The summed E-state index contributed by atoms with van der Waals surface area (Å²) in [5, 5.41) is 18.0. The van der Waals surface area contributed by atoms with Crippen LogP contribution in [0.15, 0.2) is 48.5 Å². The molecule has 0 bridgehead atoms. The van der Waals surface area contributed by atoms with Gasteiger partial charge < -0.3 is 21.1 Å². The quantitative estimate of drug-likeness (QED) is 0.600. The molecule has 6 nitrogen and oxygen atoms in total. The van der Waals surface area contributed by atoms with Gasteiger partial charge in [-0.2, -0.15) is 0 Å². The van der Waals surface area contributed by atoms with Crippen molar-refractivity contribution in [3.8, 4) is 0 Å². The van der Waals surface area contributed by atoms with E-state index in [-0.39, 0.29) is 24.1 Å². The molecule has 0 spiro atoms. The number of benzene rings is 2. The summed E-state index contributed by atoms with van der Waals surface area (Å²) in [6.45, 7) is 3.48. The molecule has 0 saturated heterocycles. The SMILES string of the molecule is CCC(=O)Nc1ccc(C(C)NC(=O)NCC(O)c2ccccc2F)cc1. The van der Waals surface area contributed by atoms with Crippen molar-refractivity contribution in [1.82, 2.24) is 10.6 Å². The second-order valence-electron chi connectivity index (χ2n) is 6.14. The highest BCUT2D eigenvalue weighted by atomic mass is 19.1. The zero-order valence-corrected chi connectivity index (χ0v) is 15.3. The number of amides is 3. The van der Waals surface area contributed by atoms with Crippen LogP contribution in [0.2, 0.25) is 0 Å². The van der Waals surface area contributed by atoms with E-state index in [2.05, 4.69) is 16.0 Å². The molecule has 2 unspecified atom stereocenters. The molecule has 2 aromatic rings. The van der Waals surface area contributed by atoms with Gasteiger partial charge in [-0.15, -0.1) is 0 Å². The molecule has 2 aromatic carbocycles. The van der Waals surface area contributed by atoms with Gasteiger partial charge in [-0.05, 0) is 30.7 Å². The molecule has 144 valence electrons. The molecule has 0 saturated carbocycles. The van der Waals surface area contributed by atoms with Crippen molar-refractivity contribution in [3.63, 3.8) is 0 Å². The van der Waals surface area contributed by atoms with Crippen LogP contribution >= 0.6 is 0 Å². The Balaban J connectivity index is 1.84. The predicted octanol–water partition coefficient (Wildman–Crippen LogP) is 3.27. The van der Waals surface area contributed by atoms with Gasteiger partial charge in [0.25, 0.3) is 0 Å². The fourth-order valence-electron chi connectivity index (χ4n) is 2.48. The standard InChI is InChI=1S/C20H24FN3O3/c1-3-19(26)24-15-10-8-14(9-11-15)13(2)23-20(27)22-12-18(25)16-6-4-5-7-17(16)21/h4-11,13,18,25H,3,12H2,1-2H3,(H,24,26)(H2,22,23,27). The first-order chi connectivity index (χ1) is 12.9. The highest BCUT2D eigenvalue weighted by Gasteiger charge is 2.15. The molecule has 0 radical (unpaired) electrons. The van der Waals surface area contributed by atoms with Crippen LogP contribution in [0, 0.1) is 5.82 Å². The molecule has 2 atom stereocenters. The third kappa shape index (κ3) is 6.07. The molecule has 0 aliphatic rings. The van der Waals surface area contributed by atoms with Crippen LogP contribution in [0.4, 0.5) is 14.9 Å². The van der Waals surface area contributed by atoms with Gasteiger partial charge in [0.2, 0.25) is 5.91 Å². The molecular formula is C20H24FN3O3. The lowest BCUT2D eigenvalue weighted by Gasteiger charge is -2.17. The number of nitrogens with one attached hydrogen (secondary N) is 3. The molecule has 27 heavy (non-hydrogen) atoms. The molecule has 0 aliphatic heterocycles. The summed E-state index contributed by atoms with van der Waals surface area (Å²) in [4.78, 5) is 23.4. The van der Waals surface area contributed by atoms with Gasteiger partial charge in [0.05, 0.1) is 12.1 Å². The number of anilines is 1. The summed E-state index contributed by atoms with van der Waals surface area (Å²) in [6.07, 6.45) is -0.729. The third-order valence-corrected chi connectivity index (χ3v) is 4.08. The summed E-state index contributed by atoms with van der Waals surface area (Å²) in [6, 6.07) is 12.3. The van der Waals surface area contributed by atoms with E-state index in [4.69, 9.17) is 0 Å². The maximum Gasteiger partial charge on any atom is 0.315 e. The van der Waals surface area contributed by atoms with Gasteiger partial charge in [0.1, 0.15) is 5.82 Å². The number of hydrogen-bond donors (Lipinski definition) is 4. The first kappa shape index (κ1) is 20.4. The number of halogens is 1. The molecule has 0 aromatic heterocycles. The number of aliphatic hydroxyl groups excluding tert-OH is 1. The van der Waals surface area contributed by atoms with Gasteiger partial charge >= 0.3 is 6.03 Å². The highest BCUT2D eigenvalue weighted by Crippen LogP contribution is 2.17. The number of rotatable bonds is 7. The molecule has 0 heterocycles. The minimum absolute atomic E-state index is 0.0679. The van der Waals surface area contributed by atoms with E-state index in [1.165, 1.54) is 18.2 Å². The van der Waals surface area contributed by atoms with Crippen LogP contribution in [0.1, 0.15) is 43.5 Å². The molecular weight excluding hydrogens is 349 g/mol. The highest BCUT2D eigenvalue weighted by molar-refractivity contribution is 5.90. The normalized spacial score (nSPS) is 12.7. The lowest BCUT2D eigenvalue weighted by atomic mass is 10.1. The van der Waals surface area contributed by atoms with Gasteiger partial charge in [-0.1, -0.05) is 37.3 Å². The predicted molar refractivity (Wildman–Crippen MR) is 102 cm³/mol. The van der Waals surface area contributed by atoms with Crippen LogP contribution in [-0.2, 0) is 4.79 Å². The van der Waals surface area contributed by atoms with Crippen LogP contribution in [0.25, 0.3) is 0 Å². The Morgan fingerprint density at radius 2 is 1.78 bits per heavy atom. The van der Waals surface area contributed by atoms with Crippen molar-refractivity contribution < 1.29 is 19.1 Å². The van der Waals surface area contributed by atoms with E-state index >= 15 is 0 Å². The Hall–Kier alpha value is -2.93. The second-order valence-corrected chi connectivity index (χ2v) is 6.14. The molecule has 7 heteroatoms. The Bertz CT molecular complexity index is 780. The Kier molecular flexibility index (Phi) is 7.31. The van der Waals surface area contributed by atoms with Crippen LogP contribution in [-0.4, -0.2) is 23.6 Å². The molecule has 3 amide bonds. The van der Waals surface area contributed by atoms with E-state index in [1.807, 2.05) is 19.1 Å². The number of carbonyl (C=O) groups is 2. The van der Waals surface area contributed by atoms with Gasteiger partial charge in [-0.3, -0.25) is 4.79 Å². The van der Waals surface area contributed by atoms with E-state index in [0.717, 1.165) is 5.56 Å². The van der Waals surface area contributed by atoms with Crippen molar-refractivity contribution in [2.24, 2.45) is 0 Å². The van der Waals surface area contributed by atoms with Crippen molar-refractivity contribution in [2.45, 2.75) is 32.4 Å². The Morgan fingerprint density at radius 3 is 2.41 bits per heavy atom. The van der Waals surface area contributed by atoms with Crippen LogP contribution in [0.5, 0.6) is 0 Å². The topological polar surface area (TPSA) is 90.5 Å². The lowest BCUT2D eigenvalue weighted by Crippen LogP contribution is -2.39. The first-order valence-corrected chi connectivity index (χ1v) is 8.77. The van der Waals surface area contributed by atoms with Gasteiger partial charge in [0, 0.05) is 24.2 Å². The van der Waals surface area contributed by atoms with E-state index in [1.54, 1.807) is 25.1 Å². The monoisotopic (exact) mass is 373 g/mol. The molecule has 0 aliphatic carbocycles. The van der Waals surface area contributed by atoms with E-state index < -0.39 is 18.0 Å². The van der Waals surface area contributed by atoms with Crippen molar-refractivity contribution in [2.75, 3.05) is 11.9 Å². The number of carbonyl (C=O) groups excluding carboxylic acids is 2. The summed E-state index contributed by atoms with van der Waals surface area (Å²) in [5.74, 6) is -0.586. The summed E-state index contributed by atoms with van der Waals surface area (Å²) >= 11 is 0. The maximum absolute atomic E-state index is 13.6. The Labute approximate surface area is 157 Å². The number of urea groups is 1. The zero-order valence-electron chi connectivity index (χ0n) is 15.3. The largest absolute Gasteiger partial charge is 0.386 e. The van der Waals surface area contributed by atoms with Gasteiger partial charge in [-0.25, -0.2) is 9.18 Å². The average Bonchev–Trinajstić information content (AvgIpc) is 2.66. The van der Waals surface area contributed by atoms with E-state index in [9.17, 15) is 19.1 Å². The molecule has 4 N–H and O–H groups in total. The fourth-order valence-corrected chi connectivity index (χ4v) is 2.48. The minimum Gasteiger partial charge on any atom is -0.386 e. The maximum atomic E-state index is 13.6. The van der Waals surface area contributed by atoms with Crippen LogP contribution < -0.4 is 16.0 Å². The average molecular weight is 373 g/mol. The minimum atomic E-state index is -1.13. The first-order valence-electron chi connectivity index (χ1n) is 8.77. The third-order valence-electron chi connectivity index (χ3n) is 4.08. The van der Waals surface area contributed by atoms with E-state index in [0.29, 0.717) is 12.1 Å². The Morgan fingerprint density at radius 1 is 1.11 bits per heavy atom. The van der Waals surface area contributed by atoms with Crippen molar-refractivity contribution >= 4 is 17.6 Å². The van der Waals surface area contributed by atoms with Gasteiger partial charge in [0.15, 0.2) is 0 Å².